The van der Waals surface area contributed by atoms with Crippen LogP contribution in [0.4, 0.5) is 0 Å². The van der Waals surface area contributed by atoms with Crippen LogP contribution in [0.5, 0.6) is 11.5 Å². The number of hydrogen-bond acceptors (Lipinski definition) is 3. The van der Waals surface area contributed by atoms with E-state index in [0.717, 1.165) is 33.5 Å². The second-order valence-corrected chi connectivity index (χ2v) is 9.38. The Labute approximate surface area is 174 Å². The summed E-state index contributed by atoms with van der Waals surface area (Å²) >= 11 is 0. The van der Waals surface area contributed by atoms with Crippen molar-refractivity contribution in [2.45, 2.75) is 49.8 Å². The Kier molecular flexibility index (Phi) is 5.34. The molecule has 0 aromatic heterocycles. The number of fused-ring (bicyclic) bond motifs is 2. The summed E-state index contributed by atoms with van der Waals surface area (Å²) in [6, 6.07) is 17.2. The Morgan fingerprint density at radius 2 is 1.38 bits per heavy atom. The fourth-order valence-electron chi connectivity index (χ4n) is 5.74. The fourth-order valence-corrected chi connectivity index (χ4v) is 5.74. The largest absolute Gasteiger partial charge is 0.497 e. The van der Waals surface area contributed by atoms with E-state index in [1.54, 1.807) is 14.2 Å². The summed E-state index contributed by atoms with van der Waals surface area (Å²) in [5.41, 5.74) is 0.704. The van der Waals surface area contributed by atoms with Crippen molar-refractivity contribution >= 4 is 0 Å². The molecule has 156 valence electrons. The van der Waals surface area contributed by atoms with Crippen molar-refractivity contribution in [1.82, 2.24) is 0 Å². The number of aliphatic hydroxyl groups is 1. The van der Waals surface area contributed by atoms with Gasteiger partial charge in [0.05, 0.1) is 40.4 Å². The van der Waals surface area contributed by atoms with Gasteiger partial charge in [-0.05, 0) is 47.7 Å². The maximum absolute atomic E-state index is 12.2. The summed E-state index contributed by atoms with van der Waals surface area (Å²) in [6.07, 6.45) is 5.70. The highest BCUT2D eigenvalue weighted by atomic mass is 16.5. The zero-order valence-electron chi connectivity index (χ0n) is 18.1. The van der Waals surface area contributed by atoms with Crippen LogP contribution in [-0.2, 0) is 5.60 Å². The van der Waals surface area contributed by atoms with E-state index in [4.69, 9.17) is 9.47 Å². The van der Waals surface area contributed by atoms with Crippen molar-refractivity contribution in [1.29, 1.82) is 0 Å². The van der Waals surface area contributed by atoms with E-state index in [2.05, 4.69) is 14.1 Å². The smallest absolute Gasteiger partial charge is 0.119 e. The van der Waals surface area contributed by atoms with Gasteiger partial charge in [-0.2, -0.15) is 0 Å². The molecular formula is C25H34NO3+. The van der Waals surface area contributed by atoms with Gasteiger partial charge in [0.1, 0.15) is 17.1 Å². The average molecular weight is 397 g/mol. The number of piperidine rings is 1. The molecule has 1 N–H and O–H groups in total. The second-order valence-electron chi connectivity index (χ2n) is 9.38. The minimum absolute atomic E-state index is 0.501. The zero-order chi connectivity index (χ0) is 20.6. The molecule has 4 rings (SSSR count). The van der Waals surface area contributed by atoms with Crippen LogP contribution >= 0.6 is 0 Å². The normalized spacial score (nSPS) is 25.6. The van der Waals surface area contributed by atoms with Gasteiger partial charge in [-0.1, -0.05) is 24.3 Å². The highest BCUT2D eigenvalue weighted by Gasteiger charge is 2.50. The number of methoxy groups -OCH3 is 2. The van der Waals surface area contributed by atoms with Gasteiger partial charge in [0.15, 0.2) is 0 Å². The molecule has 2 aliphatic rings. The van der Waals surface area contributed by atoms with Crippen LogP contribution in [0.25, 0.3) is 0 Å². The molecule has 0 unspecified atom stereocenters. The Morgan fingerprint density at radius 1 is 0.897 bits per heavy atom. The Bertz CT molecular complexity index is 799. The summed E-state index contributed by atoms with van der Waals surface area (Å²) in [6.45, 7) is 0. The van der Waals surface area contributed by atoms with Gasteiger partial charge in [0.2, 0.25) is 0 Å². The topological polar surface area (TPSA) is 38.7 Å². The number of quaternary nitrogens is 1. The molecule has 0 saturated carbocycles. The SMILES string of the molecule is COc1cccc(C(O)(CC2C[C@@H]3CC[C@@H](C2)[N+]3(C)C)c2cccc(OC)c2)c1. The third kappa shape index (κ3) is 3.64. The second kappa shape index (κ2) is 7.66. The van der Waals surface area contributed by atoms with Crippen LogP contribution < -0.4 is 9.47 Å². The summed E-state index contributed by atoms with van der Waals surface area (Å²) < 4.78 is 12.1. The lowest BCUT2D eigenvalue weighted by molar-refractivity contribution is -0.931. The highest BCUT2D eigenvalue weighted by Crippen LogP contribution is 2.47. The fraction of sp³-hybridized carbons (Fsp3) is 0.520. The Balaban J connectivity index is 1.71. The number of ether oxygens (including phenoxy) is 2. The predicted octanol–water partition coefficient (Wildman–Crippen LogP) is 4.35. The molecular weight excluding hydrogens is 362 g/mol. The molecule has 2 bridgehead atoms. The number of nitrogens with zero attached hydrogens (tertiary/aromatic N) is 1. The summed E-state index contributed by atoms with van der Waals surface area (Å²) in [7, 11) is 8.11. The minimum atomic E-state index is -1.07. The van der Waals surface area contributed by atoms with Gasteiger partial charge in [0, 0.05) is 25.7 Å². The van der Waals surface area contributed by atoms with Crippen LogP contribution in [0.2, 0.25) is 0 Å². The molecule has 2 aliphatic heterocycles. The van der Waals surface area contributed by atoms with Crippen molar-refractivity contribution in [3.05, 3.63) is 59.7 Å². The van der Waals surface area contributed by atoms with Crippen molar-refractivity contribution in [2.75, 3.05) is 28.3 Å². The molecule has 2 aromatic carbocycles. The molecule has 2 fully saturated rings. The number of rotatable bonds is 6. The van der Waals surface area contributed by atoms with E-state index in [-0.39, 0.29) is 0 Å². The molecule has 29 heavy (non-hydrogen) atoms. The van der Waals surface area contributed by atoms with E-state index < -0.39 is 5.60 Å². The maximum atomic E-state index is 12.2. The maximum Gasteiger partial charge on any atom is 0.119 e. The van der Waals surface area contributed by atoms with Crippen molar-refractivity contribution in [2.24, 2.45) is 5.92 Å². The molecule has 0 aliphatic carbocycles. The molecule has 4 heteroatoms. The third-order valence-corrected chi connectivity index (χ3v) is 7.60. The van der Waals surface area contributed by atoms with E-state index in [0.29, 0.717) is 18.0 Å². The van der Waals surface area contributed by atoms with Crippen LogP contribution in [0.15, 0.2) is 48.5 Å². The molecule has 0 amide bonds. The van der Waals surface area contributed by atoms with Gasteiger partial charge in [0.25, 0.3) is 0 Å². The first-order chi connectivity index (χ1) is 13.9. The minimum Gasteiger partial charge on any atom is -0.497 e. The first-order valence-corrected chi connectivity index (χ1v) is 10.7. The zero-order valence-corrected chi connectivity index (χ0v) is 18.1. The molecule has 2 aromatic rings. The van der Waals surface area contributed by atoms with E-state index >= 15 is 0 Å². The third-order valence-electron chi connectivity index (χ3n) is 7.60. The van der Waals surface area contributed by atoms with Gasteiger partial charge in [-0.15, -0.1) is 0 Å². The Morgan fingerprint density at radius 3 is 1.83 bits per heavy atom. The summed E-state index contributed by atoms with van der Waals surface area (Å²) in [4.78, 5) is 0. The molecule has 2 saturated heterocycles. The van der Waals surface area contributed by atoms with Gasteiger partial charge < -0.3 is 19.1 Å². The molecule has 2 atom stereocenters. The Hall–Kier alpha value is -2.04. The lowest BCUT2D eigenvalue weighted by Crippen LogP contribution is -2.55. The van der Waals surface area contributed by atoms with Gasteiger partial charge in [-0.3, -0.25) is 0 Å². The van der Waals surface area contributed by atoms with Crippen LogP contribution in [0, 0.1) is 5.92 Å². The first-order valence-electron chi connectivity index (χ1n) is 10.7. The van der Waals surface area contributed by atoms with Crippen molar-refractivity contribution in [3.63, 3.8) is 0 Å². The monoisotopic (exact) mass is 396 g/mol. The molecule has 2 heterocycles. The van der Waals surface area contributed by atoms with Crippen LogP contribution in [-0.4, -0.2) is 50.0 Å². The van der Waals surface area contributed by atoms with Gasteiger partial charge in [-0.25, -0.2) is 0 Å². The quantitative estimate of drug-likeness (QED) is 0.738. The lowest BCUT2D eigenvalue weighted by atomic mass is 9.75. The predicted molar refractivity (Wildman–Crippen MR) is 115 cm³/mol. The number of hydrogen-bond donors (Lipinski definition) is 1. The van der Waals surface area contributed by atoms with E-state index in [1.165, 1.54) is 25.7 Å². The van der Waals surface area contributed by atoms with E-state index in [9.17, 15) is 5.11 Å². The first kappa shape index (κ1) is 20.2. The summed E-state index contributed by atoms with van der Waals surface area (Å²) in [5, 5.41) is 12.2. The van der Waals surface area contributed by atoms with Crippen molar-refractivity contribution in [3.8, 4) is 11.5 Å². The standard InChI is InChI=1S/C25H34NO3/c1-26(2)21-11-12-22(26)14-18(13-21)17-25(27,19-7-5-9-23(15-19)28-3)20-8-6-10-24(16-20)29-4/h5-10,15-16,18,21-22,27H,11-14,17H2,1-4H3/q+1/t21-,22-/m0/s1. The molecule has 0 radical (unpaired) electrons. The number of benzene rings is 2. The summed E-state index contributed by atoms with van der Waals surface area (Å²) in [5.74, 6) is 2.04. The van der Waals surface area contributed by atoms with E-state index in [1.807, 2.05) is 48.5 Å². The molecule has 4 nitrogen and oxygen atoms in total. The molecule has 0 spiro atoms. The lowest BCUT2D eigenvalue weighted by Gasteiger charge is -2.46. The average Bonchev–Trinajstić information content (AvgIpc) is 2.89. The van der Waals surface area contributed by atoms with Crippen LogP contribution in [0.3, 0.4) is 0 Å². The van der Waals surface area contributed by atoms with Crippen molar-refractivity contribution < 1.29 is 19.1 Å². The van der Waals surface area contributed by atoms with Gasteiger partial charge >= 0.3 is 0 Å². The van der Waals surface area contributed by atoms with Crippen LogP contribution in [0.1, 0.15) is 43.2 Å². The highest BCUT2D eigenvalue weighted by molar-refractivity contribution is 5.42.